The highest BCUT2D eigenvalue weighted by molar-refractivity contribution is 5.28. The molecule has 0 bridgehead atoms. The zero-order valence-corrected chi connectivity index (χ0v) is 11.5. The van der Waals surface area contributed by atoms with E-state index in [1.165, 1.54) is 25.9 Å². The molecule has 2 rings (SSSR count). The largest absolute Gasteiger partial charge is 0.383 e. The second-order valence-electron chi connectivity index (χ2n) is 4.87. The number of anilines is 1. The van der Waals surface area contributed by atoms with Crippen LogP contribution in [-0.4, -0.2) is 54.3 Å². The number of likely N-dealkylation sites (tertiary alicyclic amines) is 1. The van der Waals surface area contributed by atoms with Crippen molar-refractivity contribution in [1.82, 2.24) is 14.5 Å². The molecule has 102 valence electrons. The van der Waals surface area contributed by atoms with Crippen LogP contribution in [0.2, 0.25) is 0 Å². The van der Waals surface area contributed by atoms with E-state index in [0.717, 1.165) is 37.9 Å². The van der Waals surface area contributed by atoms with Crippen LogP contribution in [0.4, 0.5) is 5.95 Å². The summed E-state index contributed by atoms with van der Waals surface area (Å²) in [6.45, 7) is 8.16. The van der Waals surface area contributed by atoms with Gasteiger partial charge in [-0.1, -0.05) is 0 Å². The second-order valence-corrected chi connectivity index (χ2v) is 4.87. The molecule has 1 saturated heterocycles. The number of rotatable bonds is 7. The Labute approximate surface area is 109 Å². The molecule has 0 unspecified atom stereocenters. The number of ether oxygens (including phenoxy) is 1. The van der Waals surface area contributed by atoms with Crippen LogP contribution < -0.4 is 5.32 Å². The van der Waals surface area contributed by atoms with E-state index in [0.29, 0.717) is 0 Å². The first-order chi connectivity index (χ1) is 8.79. The average molecular weight is 252 g/mol. The fraction of sp³-hybridized carbons (Fsp3) is 0.769. The van der Waals surface area contributed by atoms with Gasteiger partial charge in [-0.2, -0.15) is 0 Å². The standard InChI is InChI=1S/C13H24N4O/c1-12-11-17(9-10-18-2)13(15-12)14-5-8-16-6-3-4-7-16/h11H,3-10H2,1-2H3,(H,14,15). The van der Waals surface area contributed by atoms with Crippen molar-refractivity contribution in [2.24, 2.45) is 0 Å². The summed E-state index contributed by atoms with van der Waals surface area (Å²) in [4.78, 5) is 7.01. The highest BCUT2D eigenvalue weighted by Crippen LogP contribution is 2.09. The second kappa shape index (κ2) is 6.75. The minimum Gasteiger partial charge on any atom is -0.383 e. The molecule has 1 aliphatic rings. The number of hydrogen-bond acceptors (Lipinski definition) is 4. The third-order valence-electron chi connectivity index (χ3n) is 3.34. The molecule has 1 aromatic rings. The predicted molar refractivity (Wildman–Crippen MR) is 73.0 cm³/mol. The quantitative estimate of drug-likeness (QED) is 0.795. The van der Waals surface area contributed by atoms with Crippen molar-refractivity contribution in [1.29, 1.82) is 0 Å². The van der Waals surface area contributed by atoms with Crippen molar-refractivity contribution in [2.45, 2.75) is 26.3 Å². The molecule has 5 nitrogen and oxygen atoms in total. The van der Waals surface area contributed by atoms with Gasteiger partial charge in [0.05, 0.1) is 12.3 Å². The van der Waals surface area contributed by atoms with E-state index in [1.807, 2.05) is 6.92 Å². The lowest BCUT2D eigenvalue weighted by atomic mass is 10.4. The van der Waals surface area contributed by atoms with E-state index in [4.69, 9.17) is 4.74 Å². The van der Waals surface area contributed by atoms with Gasteiger partial charge in [0.1, 0.15) is 0 Å². The number of nitrogens with zero attached hydrogens (tertiary/aromatic N) is 3. The van der Waals surface area contributed by atoms with Crippen LogP contribution in [0.15, 0.2) is 6.20 Å². The molecule has 1 aliphatic heterocycles. The Bertz CT molecular complexity index is 358. The molecule has 0 radical (unpaired) electrons. The van der Waals surface area contributed by atoms with Gasteiger partial charge in [-0.25, -0.2) is 4.98 Å². The number of aryl methyl sites for hydroxylation is 1. The lowest BCUT2D eigenvalue weighted by Crippen LogP contribution is -2.26. The van der Waals surface area contributed by atoms with Crippen molar-refractivity contribution >= 4 is 5.95 Å². The Morgan fingerprint density at radius 3 is 2.83 bits per heavy atom. The lowest BCUT2D eigenvalue weighted by molar-refractivity contribution is 0.187. The minimum atomic E-state index is 0.719. The summed E-state index contributed by atoms with van der Waals surface area (Å²) in [6.07, 6.45) is 4.76. The number of aromatic nitrogens is 2. The van der Waals surface area contributed by atoms with Gasteiger partial charge in [-0.3, -0.25) is 0 Å². The monoisotopic (exact) mass is 252 g/mol. The molecule has 1 N–H and O–H groups in total. The number of hydrogen-bond donors (Lipinski definition) is 1. The highest BCUT2D eigenvalue weighted by Gasteiger charge is 2.11. The lowest BCUT2D eigenvalue weighted by Gasteiger charge is -2.15. The van der Waals surface area contributed by atoms with E-state index in [2.05, 4.69) is 26.0 Å². The predicted octanol–water partition coefficient (Wildman–Crippen LogP) is 1.35. The molecule has 0 saturated carbocycles. The van der Waals surface area contributed by atoms with E-state index < -0.39 is 0 Å². The first kappa shape index (κ1) is 13.4. The molecular formula is C13H24N4O. The van der Waals surface area contributed by atoms with Gasteiger partial charge in [0.25, 0.3) is 0 Å². The smallest absolute Gasteiger partial charge is 0.203 e. The molecule has 5 heteroatoms. The third kappa shape index (κ3) is 3.71. The molecule has 0 atom stereocenters. The summed E-state index contributed by atoms with van der Waals surface area (Å²) in [5.41, 5.74) is 1.05. The third-order valence-corrected chi connectivity index (χ3v) is 3.34. The van der Waals surface area contributed by atoms with Gasteiger partial charge >= 0.3 is 0 Å². The van der Waals surface area contributed by atoms with Crippen molar-refractivity contribution in [3.63, 3.8) is 0 Å². The van der Waals surface area contributed by atoms with Gasteiger partial charge in [0.15, 0.2) is 0 Å². The summed E-state index contributed by atoms with van der Waals surface area (Å²) in [5.74, 6) is 0.962. The number of nitrogens with one attached hydrogen (secondary N) is 1. The maximum atomic E-state index is 5.11. The van der Waals surface area contributed by atoms with Gasteiger partial charge in [-0.15, -0.1) is 0 Å². The summed E-state index contributed by atoms with van der Waals surface area (Å²) in [5, 5.41) is 3.42. The fourth-order valence-electron chi connectivity index (χ4n) is 2.38. The summed E-state index contributed by atoms with van der Waals surface area (Å²) >= 11 is 0. The Hall–Kier alpha value is -1.07. The molecule has 0 spiro atoms. The van der Waals surface area contributed by atoms with E-state index in [-0.39, 0.29) is 0 Å². The molecule has 18 heavy (non-hydrogen) atoms. The van der Waals surface area contributed by atoms with Crippen LogP contribution in [0.25, 0.3) is 0 Å². The Morgan fingerprint density at radius 1 is 1.33 bits per heavy atom. The number of methoxy groups -OCH3 is 1. The van der Waals surface area contributed by atoms with Crippen LogP contribution in [-0.2, 0) is 11.3 Å². The van der Waals surface area contributed by atoms with E-state index >= 15 is 0 Å². The van der Waals surface area contributed by atoms with Crippen LogP contribution >= 0.6 is 0 Å². The molecule has 1 aromatic heterocycles. The van der Waals surface area contributed by atoms with Gasteiger partial charge in [-0.05, 0) is 32.9 Å². The molecule has 2 heterocycles. The summed E-state index contributed by atoms with van der Waals surface area (Å²) < 4.78 is 7.24. The first-order valence-electron chi connectivity index (χ1n) is 6.78. The van der Waals surface area contributed by atoms with Crippen molar-refractivity contribution in [3.8, 4) is 0 Å². The fourth-order valence-corrected chi connectivity index (χ4v) is 2.38. The zero-order chi connectivity index (χ0) is 12.8. The Morgan fingerprint density at radius 2 is 2.11 bits per heavy atom. The van der Waals surface area contributed by atoms with Gasteiger partial charge < -0.3 is 19.5 Å². The van der Waals surface area contributed by atoms with Crippen LogP contribution in [0, 0.1) is 6.92 Å². The van der Waals surface area contributed by atoms with Crippen molar-refractivity contribution in [3.05, 3.63) is 11.9 Å². The Balaban J connectivity index is 1.79. The van der Waals surface area contributed by atoms with E-state index in [9.17, 15) is 0 Å². The van der Waals surface area contributed by atoms with Crippen LogP contribution in [0.3, 0.4) is 0 Å². The van der Waals surface area contributed by atoms with Crippen molar-refractivity contribution in [2.75, 3.05) is 45.2 Å². The van der Waals surface area contributed by atoms with Crippen LogP contribution in [0.1, 0.15) is 18.5 Å². The van der Waals surface area contributed by atoms with Gasteiger partial charge in [0, 0.05) is 32.9 Å². The number of imidazole rings is 1. The molecule has 0 aromatic carbocycles. The van der Waals surface area contributed by atoms with Crippen molar-refractivity contribution < 1.29 is 4.74 Å². The Kier molecular flexibility index (Phi) is 5.01. The van der Waals surface area contributed by atoms with Crippen LogP contribution in [0.5, 0.6) is 0 Å². The average Bonchev–Trinajstić information content (AvgIpc) is 2.97. The molecule has 0 aliphatic carbocycles. The topological polar surface area (TPSA) is 42.3 Å². The maximum absolute atomic E-state index is 5.11. The molecule has 0 amide bonds. The van der Waals surface area contributed by atoms with Gasteiger partial charge in [0.2, 0.25) is 5.95 Å². The zero-order valence-electron chi connectivity index (χ0n) is 11.5. The summed E-state index contributed by atoms with van der Waals surface area (Å²) in [6, 6.07) is 0. The minimum absolute atomic E-state index is 0.719. The molecular weight excluding hydrogens is 228 g/mol. The highest BCUT2D eigenvalue weighted by atomic mass is 16.5. The molecule has 1 fully saturated rings. The first-order valence-corrected chi connectivity index (χ1v) is 6.78. The maximum Gasteiger partial charge on any atom is 0.203 e. The normalized spacial score (nSPS) is 16.3. The summed E-state index contributed by atoms with van der Waals surface area (Å²) in [7, 11) is 1.73. The van der Waals surface area contributed by atoms with E-state index in [1.54, 1.807) is 7.11 Å². The SMILES string of the molecule is COCCn1cc(C)nc1NCCN1CCCC1.